The predicted molar refractivity (Wildman–Crippen MR) is 134 cm³/mol. The third-order valence-electron chi connectivity index (χ3n) is 6.30. The summed E-state index contributed by atoms with van der Waals surface area (Å²) in [6.45, 7) is 8.24. The minimum absolute atomic E-state index is 0.197. The van der Waals surface area contributed by atoms with E-state index in [2.05, 4.69) is 21.2 Å². The Morgan fingerprint density at radius 2 is 1.79 bits per heavy atom. The number of nitrogens with zero attached hydrogens (tertiary/aromatic N) is 3. The predicted octanol–water partition coefficient (Wildman–Crippen LogP) is 4.07. The first-order valence-corrected chi connectivity index (χ1v) is 12.2. The van der Waals surface area contributed by atoms with Crippen LogP contribution in [0.25, 0.3) is 0 Å². The van der Waals surface area contributed by atoms with Gasteiger partial charge in [-0.3, -0.25) is 9.80 Å². The fourth-order valence-corrected chi connectivity index (χ4v) is 4.79. The van der Waals surface area contributed by atoms with Crippen molar-refractivity contribution in [3.05, 3.63) is 76.5 Å². The molecule has 2 amide bonds. The standard InChI is InChI=1S/C26H31ClN4O3/c1-3-31-22(18-29-13-15-30(16-14-29)21-12-8-11-20(27)17-21)23(25(32)34-4-2)24(28-26(31)33)19-9-6-5-7-10-19/h5-12,17,24H,3-4,13-16,18H2,1-2H3,(H,28,33)/t24-/m1/s1. The summed E-state index contributed by atoms with van der Waals surface area (Å²) in [6.07, 6.45) is 0. The number of hydrogen-bond acceptors (Lipinski definition) is 5. The van der Waals surface area contributed by atoms with Gasteiger partial charge < -0.3 is 15.0 Å². The number of urea groups is 1. The van der Waals surface area contributed by atoms with Crippen LogP contribution in [0.15, 0.2) is 65.9 Å². The number of anilines is 1. The van der Waals surface area contributed by atoms with Crippen molar-refractivity contribution >= 4 is 29.3 Å². The van der Waals surface area contributed by atoms with E-state index < -0.39 is 6.04 Å². The number of carbonyl (C=O) groups is 2. The van der Waals surface area contributed by atoms with Crippen LogP contribution < -0.4 is 10.2 Å². The average molecular weight is 483 g/mol. The highest BCUT2D eigenvalue weighted by Crippen LogP contribution is 2.32. The Balaban J connectivity index is 1.61. The molecule has 2 aliphatic rings. The molecule has 8 heteroatoms. The monoisotopic (exact) mass is 482 g/mol. The molecule has 2 heterocycles. The van der Waals surface area contributed by atoms with Gasteiger partial charge in [-0.15, -0.1) is 0 Å². The maximum atomic E-state index is 13.2. The van der Waals surface area contributed by atoms with Gasteiger partial charge in [-0.05, 0) is 37.6 Å². The minimum atomic E-state index is -0.543. The summed E-state index contributed by atoms with van der Waals surface area (Å²) in [6, 6.07) is 16.7. The van der Waals surface area contributed by atoms with Crippen LogP contribution in [0, 0.1) is 0 Å². The Bertz CT molecular complexity index is 1050. The number of benzene rings is 2. The topological polar surface area (TPSA) is 65.1 Å². The molecule has 2 aliphatic heterocycles. The molecule has 34 heavy (non-hydrogen) atoms. The molecule has 1 fully saturated rings. The molecule has 1 atom stereocenters. The van der Waals surface area contributed by atoms with Crippen LogP contribution in [-0.4, -0.2) is 67.7 Å². The first-order chi connectivity index (χ1) is 16.5. The molecule has 2 aromatic rings. The van der Waals surface area contributed by atoms with Gasteiger partial charge in [0.1, 0.15) is 0 Å². The molecule has 0 radical (unpaired) electrons. The van der Waals surface area contributed by atoms with Crippen LogP contribution in [-0.2, 0) is 9.53 Å². The van der Waals surface area contributed by atoms with Gasteiger partial charge >= 0.3 is 12.0 Å². The third kappa shape index (κ3) is 5.21. The van der Waals surface area contributed by atoms with E-state index in [1.165, 1.54) is 0 Å². The van der Waals surface area contributed by atoms with E-state index >= 15 is 0 Å². The van der Waals surface area contributed by atoms with Gasteiger partial charge in [-0.2, -0.15) is 0 Å². The fraction of sp³-hybridized carbons (Fsp3) is 0.385. The Morgan fingerprint density at radius 3 is 2.44 bits per heavy atom. The number of piperazine rings is 1. The van der Waals surface area contributed by atoms with Crippen molar-refractivity contribution in [2.45, 2.75) is 19.9 Å². The second-order valence-electron chi connectivity index (χ2n) is 8.36. The first-order valence-electron chi connectivity index (χ1n) is 11.8. The summed E-state index contributed by atoms with van der Waals surface area (Å²) in [7, 11) is 0. The second kappa shape index (κ2) is 10.9. The smallest absolute Gasteiger partial charge is 0.338 e. The molecule has 7 nitrogen and oxygen atoms in total. The Labute approximate surface area is 205 Å². The van der Waals surface area contributed by atoms with Crippen molar-refractivity contribution < 1.29 is 14.3 Å². The quantitative estimate of drug-likeness (QED) is 0.603. The molecule has 4 rings (SSSR count). The van der Waals surface area contributed by atoms with E-state index in [0.717, 1.165) is 48.1 Å². The van der Waals surface area contributed by atoms with Gasteiger partial charge in [-0.25, -0.2) is 9.59 Å². The van der Waals surface area contributed by atoms with Gasteiger partial charge in [0, 0.05) is 55.7 Å². The van der Waals surface area contributed by atoms with Crippen molar-refractivity contribution in [3.8, 4) is 0 Å². The number of likely N-dealkylation sites (N-methyl/N-ethyl adjacent to an activating group) is 1. The summed E-state index contributed by atoms with van der Waals surface area (Å²) < 4.78 is 5.45. The molecular formula is C26H31ClN4O3. The third-order valence-corrected chi connectivity index (χ3v) is 6.54. The number of carbonyl (C=O) groups excluding carboxylic acids is 2. The Hall–Kier alpha value is -3.03. The van der Waals surface area contributed by atoms with Crippen molar-refractivity contribution in [2.24, 2.45) is 0 Å². The highest BCUT2D eigenvalue weighted by molar-refractivity contribution is 6.30. The zero-order chi connectivity index (χ0) is 24.1. The van der Waals surface area contributed by atoms with Crippen LogP contribution >= 0.6 is 11.6 Å². The number of rotatable bonds is 7. The molecule has 1 N–H and O–H groups in total. The van der Waals surface area contributed by atoms with Gasteiger partial charge in [0.25, 0.3) is 0 Å². The maximum Gasteiger partial charge on any atom is 0.338 e. The van der Waals surface area contributed by atoms with Crippen LogP contribution in [0.5, 0.6) is 0 Å². The summed E-state index contributed by atoms with van der Waals surface area (Å²) in [5.41, 5.74) is 3.19. The number of hydrogen-bond donors (Lipinski definition) is 1. The lowest BCUT2D eigenvalue weighted by Crippen LogP contribution is -2.53. The molecule has 1 saturated heterocycles. The Kier molecular flexibility index (Phi) is 7.75. The number of esters is 1. The van der Waals surface area contributed by atoms with Crippen molar-refractivity contribution in [1.82, 2.24) is 15.1 Å². The largest absolute Gasteiger partial charge is 0.463 e. The lowest BCUT2D eigenvalue weighted by atomic mass is 9.94. The number of ether oxygens (including phenoxy) is 1. The molecular weight excluding hydrogens is 452 g/mol. The van der Waals surface area contributed by atoms with Crippen LogP contribution in [0.3, 0.4) is 0 Å². The van der Waals surface area contributed by atoms with E-state index in [0.29, 0.717) is 18.7 Å². The maximum absolute atomic E-state index is 13.2. The molecule has 0 aliphatic carbocycles. The van der Waals surface area contributed by atoms with Crippen molar-refractivity contribution in [1.29, 1.82) is 0 Å². The molecule has 0 bridgehead atoms. The van der Waals surface area contributed by atoms with Gasteiger partial charge in [0.2, 0.25) is 0 Å². The van der Waals surface area contributed by atoms with E-state index in [1.807, 2.05) is 55.5 Å². The summed E-state index contributed by atoms with van der Waals surface area (Å²) >= 11 is 6.17. The first kappa shape index (κ1) is 24.1. The van der Waals surface area contributed by atoms with Gasteiger partial charge in [0.05, 0.1) is 18.2 Å². The lowest BCUT2D eigenvalue weighted by Gasteiger charge is -2.41. The second-order valence-corrected chi connectivity index (χ2v) is 8.80. The van der Waals surface area contributed by atoms with Crippen molar-refractivity contribution in [2.75, 3.05) is 50.8 Å². The molecule has 0 saturated carbocycles. The van der Waals surface area contributed by atoms with Crippen LogP contribution in [0.4, 0.5) is 10.5 Å². The van der Waals surface area contributed by atoms with Gasteiger partial charge in [-0.1, -0.05) is 48.0 Å². The zero-order valence-electron chi connectivity index (χ0n) is 19.7. The summed E-state index contributed by atoms with van der Waals surface area (Å²) in [5, 5.41) is 3.74. The molecule has 2 aromatic carbocycles. The highest BCUT2D eigenvalue weighted by atomic mass is 35.5. The lowest BCUT2D eigenvalue weighted by molar-refractivity contribution is -0.139. The number of halogens is 1. The summed E-state index contributed by atoms with van der Waals surface area (Å²) in [5.74, 6) is -0.387. The highest BCUT2D eigenvalue weighted by Gasteiger charge is 2.38. The molecule has 180 valence electrons. The van der Waals surface area contributed by atoms with E-state index in [1.54, 1.807) is 11.8 Å². The minimum Gasteiger partial charge on any atom is -0.463 e. The van der Waals surface area contributed by atoms with Gasteiger partial charge in [0.15, 0.2) is 0 Å². The fourth-order valence-electron chi connectivity index (χ4n) is 4.60. The molecule has 0 unspecified atom stereocenters. The number of amides is 2. The summed E-state index contributed by atoms with van der Waals surface area (Å²) in [4.78, 5) is 32.5. The zero-order valence-corrected chi connectivity index (χ0v) is 20.4. The molecule has 0 spiro atoms. The normalized spacial score (nSPS) is 19.3. The van der Waals surface area contributed by atoms with E-state index in [9.17, 15) is 9.59 Å². The van der Waals surface area contributed by atoms with E-state index in [-0.39, 0.29) is 18.6 Å². The Morgan fingerprint density at radius 1 is 1.06 bits per heavy atom. The SMILES string of the molecule is CCOC(=O)C1=C(CN2CCN(c3cccc(Cl)c3)CC2)N(CC)C(=O)N[C@@H]1c1ccccc1. The van der Waals surface area contributed by atoms with E-state index in [4.69, 9.17) is 16.3 Å². The number of nitrogens with one attached hydrogen (secondary N) is 1. The van der Waals surface area contributed by atoms with Crippen LogP contribution in [0.1, 0.15) is 25.5 Å². The van der Waals surface area contributed by atoms with Crippen molar-refractivity contribution in [3.63, 3.8) is 0 Å². The average Bonchev–Trinajstić information content (AvgIpc) is 2.85. The van der Waals surface area contributed by atoms with Crippen LogP contribution in [0.2, 0.25) is 5.02 Å². The molecule has 0 aromatic heterocycles.